The van der Waals surface area contributed by atoms with Crippen molar-refractivity contribution in [3.05, 3.63) is 22.8 Å². The number of aromatic nitrogens is 1. The summed E-state index contributed by atoms with van der Waals surface area (Å²) < 4.78 is 11.2. The lowest BCUT2D eigenvalue weighted by Gasteiger charge is -2.23. The van der Waals surface area contributed by atoms with E-state index < -0.39 is 0 Å². The van der Waals surface area contributed by atoms with Crippen LogP contribution in [0.25, 0.3) is 0 Å². The first kappa shape index (κ1) is 14.6. The van der Waals surface area contributed by atoms with Crippen molar-refractivity contribution in [3.63, 3.8) is 0 Å². The summed E-state index contributed by atoms with van der Waals surface area (Å²) in [6.07, 6.45) is 4.83. The van der Waals surface area contributed by atoms with Gasteiger partial charge in [0.05, 0.1) is 18.2 Å². The van der Waals surface area contributed by atoms with E-state index in [9.17, 15) is 0 Å². The lowest BCUT2D eigenvalue weighted by atomic mass is 10.1. The molecule has 1 aliphatic heterocycles. The van der Waals surface area contributed by atoms with Gasteiger partial charge in [-0.15, -0.1) is 0 Å². The SMILES string of the molecule is CCCNCc1cc(OC2CCOCC2)ncc1Cl. The Labute approximate surface area is 119 Å². The monoisotopic (exact) mass is 284 g/mol. The maximum absolute atomic E-state index is 6.14. The van der Waals surface area contributed by atoms with Gasteiger partial charge in [0, 0.05) is 31.6 Å². The minimum atomic E-state index is 0.207. The highest BCUT2D eigenvalue weighted by Crippen LogP contribution is 2.22. The van der Waals surface area contributed by atoms with Crippen molar-refractivity contribution in [1.29, 1.82) is 0 Å². The summed E-state index contributed by atoms with van der Waals surface area (Å²) in [5.41, 5.74) is 1.03. The third kappa shape index (κ3) is 4.64. The maximum Gasteiger partial charge on any atom is 0.213 e. The van der Waals surface area contributed by atoms with Gasteiger partial charge < -0.3 is 14.8 Å². The Bertz CT molecular complexity index is 395. The van der Waals surface area contributed by atoms with Crippen molar-refractivity contribution >= 4 is 11.6 Å². The van der Waals surface area contributed by atoms with Gasteiger partial charge in [0.2, 0.25) is 5.88 Å². The predicted octanol–water partition coefficient (Wildman–Crippen LogP) is 2.79. The minimum absolute atomic E-state index is 0.207. The number of hydrogen-bond donors (Lipinski definition) is 1. The van der Waals surface area contributed by atoms with Crippen LogP contribution in [0.2, 0.25) is 5.02 Å². The highest BCUT2D eigenvalue weighted by molar-refractivity contribution is 6.31. The summed E-state index contributed by atoms with van der Waals surface area (Å²) in [6.45, 7) is 5.40. The number of pyridine rings is 1. The fourth-order valence-electron chi connectivity index (χ4n) is 2.02. The predicted molar refractivity (Wildman–Crippen MR) is 75.7 cm³/mol. The molecular formula is C14H21ClN2O2. The average Bonchev–Trinajstić information content (AvgIpc) is 2.44. The topological polar surface area (TPSA) is 43.4 Å². The third-order valence-electron chi connectivity index (χ3n) is 3.11. The van der Waals surface area contributed by atoms with Gasteiger partial charge in [-0.2, -0.15) is 0 Å². The van der Waals surface area contributed by atoms with Crippen molar-refractivity contribution < 1.29 is 9.47 Å². The Kier molecular flexibility index (Phi) is 5.89. The molecule has 2 heterocycles. The Morgan fingerprint density at radius 1 is 1.47 bits per heavy atom. The second-order valence-electron chi connectivity index (χ2n) is 4.72. The van der Waals surface area contributed by atoms with Crippen LogP contribution in [0, 0.1) is 0 Å². The zero-order chi connectivity index (χ0) is 13.5. The van der Waals surface area contributed by atoms with Gasteiger partial charge in [0.15, 0.2) is 0 Å². The van der Waals surface area contributed by atoms with Crippen LogP contribution in [0.3, 0.4) is 0 Å². The van der Waals surface area contributed by atoms with Gasteiger partial charge in [0.1, 0.15) is 6.10 Å². The third-order valence-corrected chi connectivity index (χ3v) is 3.45. The van der Waals surface area contributed by atoms with Crippen LogP contribution in [0.15, 0.2) is 12.3 Å². The largest absolute Gasteiger partial charge is 0.474 e. The summed E-state index contributed by atoms with van der Waals surface area (Å²) in [4.78, 5) is 4.24. The standard InChI is InChI=1S/C14H21ClN2O2/c1-2-5-16-9-11-8-14(17-10-13(11)15)19-12-3-6-18-7-4-12/h8,10,12,16H,2-7,9H2,1H3. The lowest BCUT2D eigenvalue weighted by molar-refractivity contribution is 0.0237. The highest BCUT2D eigenvalue weighted by atomic mass is 35.5. The first-order valence-corrected chi connectivity index (χ1v) is 7.27. The second-order valence-corrected chi connectivity index (χ2v) is 5.13. The summed E-state index contributed by atoms with van der Waals surface area (Å²) in [5.74, 6) is 0.657. The van der Waals surface area contributed by atoms with Crippen LogP contribution >= 0.6 is 11.6 Å². The summed E-state index contributed by atoms with van der Waals surface area (Å²) in [7, 11) is 0. The van der Waals surface area contributed by atoms with Crippen molar-refractivity contribution in [2.75, 3.05) is 19.8 Å². The molecule has 0 aliphatic carbocycles. The Hall–Kier alpha value is -0.840. The lowest BCUT2D eigenvalue weighted by Crippen LogP contribution is -2.26. The molecule has 0 atom stereocenters. The first-order valence-electron chi connectivity index (χ1n) is 6.89. The van der Waals surface area contributed by atoms with Crippen LogP contribution in [-0.4, -0.2) is 30.8 Å². The number of ether oxygens (including phenoxy) is 2. The number of nitrogens with one attached hydrogen (secondary N) is 1. The van der Waals surface area contributed by atoms with E-state index in [0.29, 0.717) is 10.9 Å². The Morgan fingerprint density at radius 2 is 2.26 bits per heavy atom. The van der Waals surface area contributed by atoms with E-state index in [4.69, 9.17) is 21.1 Å². The van der Waals surface area contributed by atoms with Gasteiger partial charge in [-0.3, -0.25) is 0 Å². The molecule has 0 radical (unpaired) electrons. The molecule has 0 spiro atoms. The molecule has 1 N–H and O–H groups in total. The summed E-state index contributed by atoms with van der Waals surface area (Å²) in [5, 5.41) is 4.02. The molecule has 1 aliphatic rings. The molecule has 0 amide bonds. The van der Waals surface area contributed by atoms with E-state index in [-0.39, 0.29) is 6.10 Å². The van der Waals surface area contributed by atoms with Gasteiger partial charge in [0.25, 0.3) is 0 Å². The molecule has 0 unspecified atom stereocenters. The molecule has 1 aromatic rings. The summed E-state index contributed by atoms with van der Waals surface area (Å²) >= 11 is 6.14. The number of rotatable bonds is 6. The van der Waals surface area contributed by atoms with E-state index in [0.717, 1.165) is 51.1 Å². The average molecular weight is 285 g/mol. The van der Waals surface area contributed by atoms with Crippen molar-refractivity contribution in [1.82, 2.24) is 10.3 Å². The van der Waals surface area contributed by atoms with Gasteiger partial charge in [-0.1, -0.05) is 18.5 Å². The zero-order valence-corrected chi connectivity index (χ0v) is 12.1. The molecule has 106 valence electrons. The van der Waals surface area contributed by atoms with Gasteiger partial charge in [-0.25, -0.2) is 4.98 Å². The van der Waals surface area contributed by atoms with Crippen molar-refractivity contribution in [3.8, 4) is 5.88 Å². The molecule has 5 heteroatoms. The Morgan fingerprint density at radius 3 is 3.00 bits per heavy atom. The van der Waals surface area contributed by atoms with Crippen LogP contribution in [0.4, 0.5) is 0 Å². The number of hydrogen-bond acceptors (Lipinski definition) is 4. The van der Waals surface area contributed by atoms with Crippen molar-refractivity contribution in [2.24, 2.45) is 0 Å². The molecule has 1 aromatic heterocycles. The van der Waals surface area contributed by atoms with Crippen LogP contribution in [0.5, 0.6) is 5.88 Å². The quantitative estimate of drug-likeness (QED) is 0.816. The zero-order valence-electron chi connectivity index (χ0n) is 11.3. The van der Waals surface area contributed by atoms with Gasteiger partial charge >= 0.3 is 0 Å². The second kappa shape index (κ2) is 7.68. The van der Waals surface area contributed by atoms with Crippen LogP contribution < -0.4 is 10.1 Å². The van der Waals surface area contributed by atoms with Crippen molar-refractivity contribution in [2.45, 2.75) is 38.8 Å². The fraction of sp³-hybridized carbons (Fsp3) is 0.643. The number of nitrogens with zero attached hydrogens (tertiary/aromatic N) is 1. The Balaban J connectivity index is 1.94. The highest BCUT2D eigenvalue weighted by Gasteiger charge is 2.16. The summed E-state index contributed by atoms with van der Waals surface area (Å²) in [6, 6.07) is 1.93. The maximum atomic E-state index is 6.14. The minimum Gasteiger partial charge on any atom is -0.474 e. The van der Waals surface area contributed by atoms with E-state index >= 15 is 0 Å². The molecule has 19 heavy (non-hydrogen) atoms. The van der Waals surface area contributed by atoms with Crippen LogP contribution in [0.1, 0.15) is 31.7 Å². The molecule has 0 bridgehead atoms. The molecule has 0 saturated carbocycles. The van der Waals surface area contributed by atoms with Crippen LogP contribution in [-0.2, 0) is 11.3 Å². The fourth-order valence-corrected chi connectivity index (χ4v) is 2.19. The molecular weight excluding hydrogens is 264 g/mol. The molecule has 1 fully saturated rings. The van der Waals surface area contributed by atoms with E-state index in [1.807, 2.05) is 6.07 Å². The van der Waals surface area contributed by atoms with E-state index in [2.05, 4.69) is 17.2 Å². The molecule has 2 rings (SSSR count). The molecule has 0 aromatic carbocycles. The number of halogens is 1. The van der Waals surface area contributed by atoms with E-state index in [1.54, 1.807) is 6.20 Å². The first-order chi connectivity index (χ1) is 9.29. The van der Waals surface area contributed by atoms with Gasteiger partial charge in [-0.05, 0) is 18.5 Å². The van der Waals surface area contributed by atoms with E-state index in [1.165, 1.54) is 0 Å². The molecule has 1 saturated heterocycles. The molecule has 4 nitrogen and oxygen atoms in total. The normalized spacial score (nSPS) is 16.5. The smallest absolute Gasteiger partial charge is 0.213 e.